The van der Waals surface area contributed by atoms with Gasteiger partial charge in [0.25, 0.3) is 0 Å². The van der Waals surface area contributed by atoms with Crippen LogP contribution in [0.4, 0.5) is 0 Å². The van der Waals surface area contributed by atoms with Gasteiger partial charge in [-0.1, -0.05) is 18.2 Å². The van der Waals surface area contributed by atoms with Gasteiger partial charge in [0.15, 0.2) is 5.75 Å². The van der Waals surface area contributed by atoms with E-state index in [0.29, 0.717) is 5.32 Å². The van der Waals surface area contributed by atoms with E-state index in [2.05, 4.69) is 5.48 Å². The standard InChI is InChI=1S/C11H15NO4Si/c1-13-17(14-2,15-3)11-8-9-6-4-5-7-10(9)16-12-11/h4-8,12H,1-3H3. The highest BCUT2D eigenvalue weighted by Gasteiger charge is 2.45. The van der Waals surface area contributed by atoms with E-state index in [1.54, 1.807) is 21.3 Å². The first-order valence-corrected chi connectivity index (χ1v) is 6.87. The van der Waals surface area contributed by atoms with Gasteiger partial charge in [0, 0.05) is 26.9 Å². The molecule has 92 valence electrons. The highest BCUT2D eigenvalue weighted by atomic mass is 28.4. The Morgan fingerprint density at radius 3 is 2.35 bits per heavy atom. The quantitative estimate of drug-likeness (QED) is 0.821. The number of rotatable bonds is 4. The van der Waals surface area contributed by atoms with Gasteiger partial charge < -0.3 is 18.1 Å². The molecule has 1 aromatic carbocycles. The van der Waals surface area contributed by atoms with E-state index in [-0.39, 0.29) is 0 Å². The molecule has 5 nitrogen and oxygen atoms in total. The van der Waals surface area contributed by atoms with Gasteiger partial charge in [-0.05, 0) is 12.1 Å². The predicted octanol–water partition coefficient (Wildman–Crippen LogP) is 1.34. The summed E-state index contributed by atoms with van der Waals surface area (Å²) in [6.45, 7) is 0. The lowest BCUT2D eigenvalue weighted by Gasteiger charge is -2.29. The van der Waals surface area contributed by atoms with Crippen LogP contribution < -0.4 is 10.3 Å². The smallest absolute Gasteiger partial charge is 0.382 e. The van der Waals surface area contributed by atoms with Crippen molar-refractivity contribution in [3.8, 4) is 5.75 Å². The van der Waals surface area contributed by atoms with E-state index in [0.717, 1.165) is 11.3 Å². The fraction of sp³-hybridized carbons (Fsp3) is 0.273. The molecule has 1 aromatic rings. The number of fused-ring (bicyclic) bond motifs is 1. The molecule has 0 fully saturated rings. The lowest BCUT2D eigenvalue weighted by atomic mass is 10.2. The maximum atomic E-state index is 5.42. The molecule has 0 atom stereocenters. The van der Waals surface area contributed by atoms with Crippen LogP contribution in [0.25, 0.3) is 6.08 Å². The van der Waals surface area contributed by atoms with Crippen LogP contribution in [0, 0.1) is 0 Å². The van der Waals surface area contributed by atoms with Crippen LogP contribution in [-0.2, 0) is 13.3 Å². The van der Waals surface area contributed by atoms with E-state index in [9.17, 15) is 0 Å². The molecular weight excluding hydrogens is 238 g/mol. The Hall–Kier alpha value is -1.34. The van der Waals surface area contributed by atoms with Crippen molar-refractivity contribution in [2.75, 3.05) is 21.3 Å². The number of benzene rings is 1. The lowest BCUT2D eigenvalue weighted by molar-refractivity contribution is 0.119. The molecule has 1 aliphatic rings. The Morgan fingerprint density at radius 2 is 1.71 bits per heavy atom. The molecule has 0 aliphatic carbocycles. The first-order valence-electron chi connectivity index (χ1n) is 5.15. The van der Waals surface area contributed by atoms with Gasteiger partial charge in [-0.15, -0.1) is 0 Å². The summed E-state index contributed by atoms with van der Waals surface area (Å²) < 4.78 is 16.1. The largest absolute Gasteiger partial charge is 0.556 e. The summed E-state index contributed by atoms with van der Waals surface area (Å²) in [7, 11) is 1.81. The van der Waals surface area contributed by atoms with Crippen molar-refractivity contribution in [2.24, 2.45) is 0 Å². The monoisotopic (exact) mass is 253 g/mol. The van der Waals surface area contributed by atoms with E-state index < -0.39 is 8.80 Å². The van der Waals surface area contributed by atoms with E-state index in [4.69, 9.17) is 18.1 Å². The minimum Gasteiger partial charge on any atom is -0.382 e. The maximum Gasteiger partial charge on any atom is 0.556 e. The molecular formula is C11H15NO4Si. The maximum absolute atomic E-state index is 5.42. The third-order valence-corrected chi connectivity index (χ3v) is 5.14. The predicted molar refractivity (Wildman–Crippen MR) is 65.0 cm³/mol. The Bertz CT molecular complexity index is 423. The minimum absolute atomic E-state index is 0.684. The molecule has 0 bridgehead atoms. The van der Waals surface area contributed by atoms with Gasteiger partial charge in [0.2, 0.25) is 0 Å². The summed E-state index contributed by atoms with van der Waals surface area (Å²) in [5, 5.41) is 0.684. The molecule has 1 heterocycles. The Kier molecular flexibility index (Phi) is 3.48. The van der Waals surface area contributed by atoms with Crippen LogP contribution >= 0.6 is 0 Å². The molecule has 0 saturated heterocycles. The summed E-state index contributed by atoms with van der Waals surface area (Å²) in [6.07, 6.45) is 1.92. The minimum atomic E-state index is -2.86. The van der Waals surface area contributed by atoms with Gasteiger partial charge in [-0.3, -0.25) is 0 Å². The number of hydrogen-bond donors (Lipinski definition) is 1. The summed E-state index contributed by atoms with van der Waals surface area (Å²) >= 11 is 0. The summed E-state index contributed by atoms with van der Waals surface area (Å²) in [6, 6.07) is 7.69. The first kappa shape index (κ1) is 12.1. The molecule has 0 aromatic heterocycles. The molecule has 0 amide bonds. The second kappa shape index (κ2) is 4.88. The zero-order valence-electron chi connectivity index (χ0n) is 10.0. The van der Waals surface area contributed by atoms with Crippen LogP contribution in [0.2, 0.25) is 0 Å². The van der Waals surface area contributed by atoms with E-state index in [1.807, 2.05) is 30.3 Å². The van der Waals surface area contributed by atoms with Gasteiger partial charge in [0.1, 0.15) is 5.32 Å². The Morgan fingerprint density at radius 1 is 1.06 bits per heavy atom. The van der Waals surface area contributed by atoms with Gasteiger partial charge in [0.05, 0.1) is 0 Å². The van der Waals surface area contributed by atoms with Crippen LogP contribution in [0.3, 0.4) is 0 Å². The molecule has 2 rings (SSSR count). The molecule has 17 heavy (non-hydrogen) atoms. The Balaban J connectivity index is 2.39. The SMILES string of the molecule is CO[Si](OC)(OC)C1=Cc2ccccc2ON1. The summed E-state index contributed by atoms with van der Waals surface area (Å²) in [5.41, 5.74) is 3.78. The molecule has 0 saturated carbocycles. The molecule has 0 spiro atoms. The number of hydrogen-bond acceptors (Lipinski definition) is 5. The van der Waals surface area contributed by atoms with Crippen molar-refractivity contribution in [3.05, 3.63) is 35.1 Å². The number of nitrogens with one attached hydrogen (secondary N) is 1. The van der Waals surface area contributed by atoms with Gasteiger partial charge >= 0.3 is 8.80 Å². The Labute approximate surface area is 101 Å². The van der Waals surface area contributed by atoms with Crippen LogP contribution in [-0.4, -0.2) is 30.1 Å². The third-order valence-electron chi connectivity index (χ3n) is 2.63. The van der Waals surface area contributed by atoms with Crippen LogP contribution in [0.5, 0.6) is 5.75 Å². The van der Waals surface area contributed by atoms with Crippen LogP contribution in [0.1, 0.15) is 5.56 Å². The zero-order chi connectivity index (χ0) is 12.3. The second-order valence-corrected chi connectivity index (χ2v) is 6.34. The lowest BCUT2D eigenvalue weighted by Crippen LogP contribution is -2.51. The highest BCUT2D eigenvalue weighted by Crippen LogP contribution is 2.27. The van der Waals surface area contributed by atoms with E-state index >= 15 is 0 Å². The van der Waals surface area contributed by atoms with Crippen molar-refractivity contribution < 1.29 is 18.1 Å². The molecule has 1 aliphatic heterocycles. The molecule has 0 radical (unpaired) electrons. The second-order valence-electron chi connectivity index (χ2n) is 3.47. The number of hydroxylamine groups is 1. The normalized spacial score (nSPS) is 14.4. The molecule has 6 heteroatoms. The average molecular weight is 253 g/mol. The van der Waals surface area contributed by atoms with Crippen molar-refractivity contribution in [2.45, 2.75) is 0 Å². The molecule has 0 unspecified atom stereocenters. The summed E-state index contributed by atoms with van der Waals surface area (Å²) in [4.78, 5) is 5.42. The highest BCUT2D eigenvalue weighted by molar-refractivity contribution is 6.69. The molecule has 1 N–H and O–H groups in total. The third kappa shape index (κ3) is 2.07. The van der Waals surface area contributed by atoms with Gasteiger partial charge in [-0.2, -0.15) is 0 Å². The van der Waals surface area contributed by atoms with Gasteiger partial charge in [-0.25, -0.2) is 5.48 Å². The summed E-state index contributed by atoms with van der Waals surface area (Å²) in [5.74, 6) is 0.766. The van der Waals surface area contributed by atoms with Crippen molar-refractivity contribution >= 4 is 14.9 Å². The van der Waals surface area contributed by atoms with E-state index in [1.165, 1.54) is 0 Å². The van der Waals surface area contributed by atoms with Crippen molar-refractivity contribution in [1.29, 1.82) is 0 Å². The zero-order valence-corrected chi connectivity index (χ0v) is 11.0. The van der Waals surface area contributed by atoms with Crippen molar-refractivity contribution in [3.63, 3.8) is 0 Å². The van der Waals surface area contributed by atoms with Crippen LogP contribution in [0.15, 0.2) is 29.6 Å². The number of para-hydroxylation sites is 1. The fourth-order valence-corrected chi connectivity index (χ4v) is 3.39. The topological polar surface area (TPSA) is 49.0 Å². The average Bonchev–Trinajstić information content (AvgIpc) is 2.41. The first-order chi connectivity index (χ1) is 8.25. The fourth-order valence-electron chi connectivity index (χ4n) is 1.72. The van der Waals surface area contributed by atoms with Crippen molar-refractivity contribution in [1.82, 2.24) is 5.48 Å².